The van der Waals surface area contributed by atoms with Gasteiger partial charge in [-0.15, -0.1) is 0 Å². The van der Waals surface area contributed by atoms with Crippen molar-refractivity contribution in [2.24, 2.45) is 0 Å². The molecule has 2 aromatic rings. The van der Waals surface area contributed by atoms with Crippen LogP contribution in [0.3, 0.4) is 0 Å². The van der Waals surface area contributed by atoms with Crippen molar-refractivity contribution in [3.8, 4) is 5.75 Å². The van der Waals surface area contributed by atoms with Gasteiger partial charge in [-0.25, -0.2) is 0 Å². The third-order valence-electron chi connectivity index (χ3n) is 3.75. The summed E-state index contributed by atoms with van der Waals surface area (Å²) in [6.07, 6.45) is 1.70. The van der Waals surface area contributed by atoms with Gasteiger partial charge in [-0.1, -0.05) is 12.1 Å². The fourth-order valence-corrected chi connectivity index (χ4v) is 2.36. The highest BCUT2D eigenvalue weighted by Crippen LogP contribution is 2.12. The first kappa shape index (κ1) is 16.8. The molecule has 0 saturated carbocycles. The summed E-state index contributed by atoms with van der Waals surface area (Å²) in [5.41, 5.74) is 1.79. The maximum Gasteiger partial charge on any atom is 0.260 e. The summed E-state index contributed by atoms with van der Waals surface area (Å²) in [6.45, 7) is 2.38. The number of pyridine rings is 1. The Hall–Kier alpha value is -2.56. The molecule has 1 heterocycles. The molecule has 0 spiro atoms. The first-order valence-electron chi connectivity index (χ1n) is 7.59. The van der Waals surface area contributed by atoms with Crippen molar-refractivity contribution < 1.29 is 9.53 Å². The highest BCUT2D eigenvalue weighted by Gasteiger charge is 2.14. The van der Waals surface area contributed by atoms with Gasteiger partial charge in [0.25, 0.3) is 11.5 Å². The van der Waals surface area contributed by atoms with Gasteiger partial charge in [-0.3, -0.25) is 9.59 Å². The Morgan fingerprint density at radius 2 is 1.87 bits per heavy atom. The average molecular weight is 314 g/mol. The van der Waals surface area contributed by atoms with Crippen molar-refractivity contribution in [3.63, 3.8) is 0 Å². The Kier molecular flexibility index (Phi) is 5.57. The van der Waals surface area contributed by atoms with E-state index >= 15 is 0 Å². The lowest BCUT2D eigenvalue weighted by atomic mass is 10.1. The zero-order valence-electron chi connectivity index (χ0n) is 13.8. The molecule has 0 saturated heterocycles. The molecule has 5 heteroatoms. The molecule has 1 aromatic heterocycles. The van der Waals surface area contributed by atoms with Crippen LogP contribution in [0.15, 0.2) is 41.2 Å². The molecule has 0 aliphatic carbocycles. The highest BCUT2D eigenvalue weighted by atomic mass is 16.5. The molecule has 1 aromatic carbocycles. The van der Waals surface area contributed by atoms with Crippen LogP contribution in [-0.2, 0) is 6.42 Å². The van der Waals surface area contributed by atoms with Gasteiger partial charge in [0.15, 0.2) is 0 Å². The van der Waals surface area contributed by atoms with Gasteiger partial charge < -0.3 is 14.6 Å². The van der Waals surface area contributed by atoms with E-state index in [2.05, 4.69) is 4.98 Å². The fraction of sp³-hybridized carbons (Fsp3) is 0.333. The van der Waals surface area contributed by atoms with Gasteiger partial charge in [-0.05, 0) is 49.6 Å². The summed E-state index contributed by atoms with van der Waals surface area (Å²) in [7, 11) is 3.36. The quantitative estimate of drug-likeness (QED) is 0.890. The van der Waals surface area contributed by atoms with E-state index in [4.69, 9.17) is 4.74 Å². The minimum atomic E-state index is -0.336. The average Bonchev–Trinajstić information content (AvgIpc) is 2.55. The molecule has 122 valence electrons. The van der Waals surface area contributed by atoms with E-state index in [0.717, 1.165) is 24.3 Å². The van der Waals surface area contributed by atoms with E-state index < -0.39 is 0 Å². The second kappa shape index (κ2) is 7.63. The number of hydrogen-bond donors (Lipinski definition) is 1. The van der Waals surface area contributed by atoms with Crippen molar-refractivity contribution in [3.05, 3.63) is 63.6 Å². The number of nitrogens with zero attached hydrogens (tertiary/aromatic N) is 1. The Bertz CT molecular complexity index is 720. The topological polar surface area (TPSA) is 62.4 Å². The number of carbonyl (C=O) groups is 1. The molecule has 0 fully saturated rings. The molecule has 23 heavy (non-hydrogen) atoms. The van der Waals surface area contributed by atoms with Crippen LogP contribution in [0.5, 0.6) is 5.75 Å². The third kappa shape index (κ3) is 4.45. The van der Waals surface area contributed by atoms with Crippen molar-refractivity contribution in [1.82, 2.24) is 9.88 Å². The SMILES string of the molecule is COc1ccc(CCCN(C)C(=O)c2ccc(C)[nH]c2=O)cc1. The standard InChI is InChI=1S/C18H22N2O3/c1-13-6-11-16(17(21)19-13)18(22)20(2)12-4-5-14-7-9-15(23-3)10-8-14/h6-11H,4-5,12H2,1-3H3,(H,19,21). The second-order valence-corrected chi connectivity index (χ2v) is 5.56. The first-order valence-corrected chi connectivity index (χ1v) is 7.59. The van der Waals surface area contributed by atoms with Crippen LogP contribution in [0.2, 0.25) is 0 Å². The van der Waals surface area contributed by atoms with Crippen LogP contribution in [0, 0.1) is 6.92 Å². The number of rotatable bonds is 6. The zero-order valence-corrected chi connectivity index (χ0v) is 13.8. The number of ether oxygens (including phenoxy) is 1. The number of benzene rings is 1. The Morgan fingerprint density at radius 3 is 2.48 bits per heavy atom. The van der Waals surface area contributed by atoms with Crippen LogP contribution < -0.4 is 10.3 Å². The lowest BCUT2D eigenvalue weighted by molar-refractivity contribution is 0.0792. The van der Waals surface area contributed by atoms with E-state index in [-0.39, 0.29) is 17.0 Å². The summed E-state index contributed by atoms with van der Waals surface area (Å²) < 4.78 is 5.13. The molecule has 2 rings (SSSR count). The van der Waals surface area contributed by atoms with E-state index in [1.807, 2.05) is 24.3 Å². The van der Waals surface area contributed by atoms with Crippen LogP contribution in [0.1, 0.15) is 28.0 Å². The first-order chi connectivity index (χ1) is 11.0. The van der Waals surface area contributed by atoms with Crippen LogP contribution >= 0.6 is 0 Å². The van der Waals surface area contributed by atoms with Crippen LogP contribution in [0.4, 0.5) is 0 Å². The monoisotopic (exact) mass is 314 g/mol. The molecular weight excluding hydrogens is 292 g/mol. The van der Waals surface area contributed by atoms with Gasteiger partial charge in [-0.2, -0.15) is 0 Å². The summed E-state index contributed by atoms with van der Waals surface area (Å²) in [4.78, 5) is 28.4. The normalized spacial score (nSPS) is 10.4. The van der Waals surface area contributed by atoms with E-state index in [0.29, 0.717) is 6.54 Å². The maximum absolute atomic E-state index is 12.3. The highest BCUT2D eigenvalue weighted by molar-refractivity contribution is 5.93. The lowest BCUT2D eigenvalue weighted by Gasteiger charge is -2.16. The number of hydrogen-bond acceptors (Lipinski definition) is 3. The lowest BCUT2D eigenvalue weighted by Crippen LogP contribution is -2.32. The molecule has 0 bridgehead atoms. The van der Waals surface area contributed by atoms with Crippen molar-refractivity contribution in [2.45, 2.75) is 19.8 Å². The van der Waals surface area contributed by atoms with E-state index in [1.54, 1.807) is 38.1 Å². The van der Waals surface area contributed by atoms with Gasteiger partial charge in [0.1, 0.15) is 11.3 Å². The molecule has 5 nitrogen and oxygen atoms in total. The molecular formula is C18H22N2O3. The van der Waals surface area contributed by atoms with Gasteiger partial charge in [0, 0.05) is 19.3 Å². The Labute approximate surface area is 135 Å². The molecule has 0 aliphatic heterocycles. The fourth-order valence-electron chi connectivity index (χ4n) is 2.36. The molecule has 1 amide bonds. The summed E-state index contributed by atoms with van der Waals surface area (Å²) in [5.74, 6) is 0.584. The van der Waals surface area contributed by atoms with Crippen LogP contribution in [-0.4, -0.2) is 36.5 Å². The van der Waals surface area contributed by atoms with Crippen LogP contribution in [0.25, 0.3) is 0 Å². The number of aryl methyl sites for hydroxylation is 2. The van der Waals surface area contributed by atoms with Gasteiger partial charge >= 0.3 is 0 Å². The van der Waals surface area contributed by atoms with E-state index in [1.165, 1.54) is 5.56 Å². The van der Waals surface area contributed by atoms with Crippen molar-refractivity contribution >= 4 is 5.91 Å². The van der Waals surface area contributed by atoms with E-state index in [9.17, 15) is 9.59 Å². The molecule has 1 N–H and O–H groups in total. The molecule has 0 aliphatic rings. The van der Waals surface area contributed by atoms with Gasteiger partial charge in [0.2, 0.25) is 0 Å². The molecule has 0 atom stereocenters. The van der Waals surface area contributed by atoms with Crippen molar-refractivity contribution in [1.29, 1.82) is 0 Å². The minimum absolute atomic E-state index is 0.183. The number of methoxy groups -OCH3 is 1. The minimum Gasteiger partial charge on any atom is -0.497 e. The predicted molar refractivity (Wildman–Crippen MR) is 90.1 cm³/mol. The predicted octanol–water partition coefficient (Wildman–Crippen LogP) is 2.40. The molecule has 0 radical (unpaired) electrons. The Morgan fingerprint density at radius 1 is 1.17 bits per heavy atom. The smallest absolute Gasteiger partial charge is 0.260 e. The van der Waals surface area contributed by atoms with Gasteiger partial charge in [0.05, 0.1) is 7.11 Å². The van der Waals surface area contributed by atoms with Crippen molar-refractivity contribution in [2.75, 3.05) is 20.7 Å². The number of nitrogens with one attached hydrogen (secondary N) is 1. The largest absolute Gasteiger partial charge is 0.497 e. The number of aromatic amines is 1. The summed E-state index contributed by atoms with van der Waals surface area (Å²) >= 11 is 0. The number of carbonyl (C=O) groups excluding carboxylic acids is 1. The maximum atomic E-state index is 12.3. The summed E-state index contributed by atoms with van der Waals surface area (Å²) in [5, 5.41) is 0. The number of amides is 1. The second-order valence-electron chi connectivity index (χ2n) is 5.56. The molecule has 0 unspecified atom stereocenters. The number of H-pyrrole nitrogens is 1. The zero-order chi connectivity index (χ0) is 16.8. The summed E-state index contributed by atoms with van der Waals surface area (Å²) in [6, 6.07) is 11.2. The Balaban J connectivity index is 1.89. The third-order valence-corrected chi connectivity index (χ3v) is 3.75. The number of aromatic nitrogens is 1.